The highest BCUT2D eigenvalue weighted by atomic mass is 35.5. The van der Waals surface area contributed by atoms with Gasteiger partial charge in [-0.15, -0.1) is 0 Å². The van der Waals surface area contributed by atoms with Gasteiger partial charge in [0.05, 0.1) is 12.1 Å². The normalized spacial score (nSPS) is 20.6. The molecule has 110 valence electrons. The van der Waals surface area contributed by atoms with Gasteiger partial charge in [-0.05, 0) is 37.8 Å². The minimum Gasteiger partial charge on any atom is -0.496 e. The lowest BCUT2D eigenvalue weighted by Gasteiger charge is -2.35. The van der Waals surface area contributed by atoms with Gasteiger partial charge in [0.2, 0.25) is 0 Å². The summed E-state index contributed by atoms with van der Waals surface area (Å²) in [5.41, 5.74) is 6.41. The maximum Gasteiger partial charge on any atom is 0.259 e. The summed E-state index contributed by atoms with van der Waals surface area (Å²) in [5.74, 6) is 0.796. The fourth-order valence-corrected chi connectivity index (χ4v) is 2.91. The Hall–Kier alpha value is -1.26. The zero-order valence-corrected chi connectivity index (χ0v) is 12.7. The van der Waals surface area contributed by atoms with E-state index in [9.17, 15) is 4.79 Å². The molecule has 0 aliphatic carbocycles. The number of likely N-dealkylation sites (tertiary alicyclic amines) is 1. The Morgan fingerprint density at radius 3 is 2.95 bits per heavy atom. The number of amides is 1. The molecule has 5 heteroatoms. The van der Waals surface area contributed by atoms with Crippen molar-refractivity contribution in [3.8, 4) is 5.75 Å². The zero-order valence-electron chi connectivity index (χ0n) is 11.9. The maximum absolute atomic E-state index is 12.7. The van der Waals surface area contributed by atoms with Gasteiger partial charge in [-0.25, -0.2) is 0 Å². The first-order valence-corrected chi connectivity index (χ1v) is 7.29. The second kappa shape index (κ2) is 6.46. The number of nitrogens with zero attached hydrogens (tertiary/aromatic N) is 1. The van der Waals surface area contributed by atoms with E-state index in [2.05, 4.69) is 0 Å². The minimum absolute atomic E-state index is 0.0715. The molecule has 0 unspecified atom stereocenters. The number of benzene rings is 1. The van der Waals surface area contributed by atoms with Crippen molar-refractivity contribution < 1.29 is 9.53 Å². The van der Waals surface area contributed by atoms with E-state index in [0.717, 1.165) is 19.4 Å². The van der Waals surface area contributed by atoms with Crippen molar-refractivity contribution in [3.05, 3.63) is 28.8 Å². The molecule has 0 bridgehead atoms. The lowest BCUT2D eigenvalue weighted by molar-refractivity contribution is 0.0658. The number of nitrogens with two attached hydrogens (primary N) is 1. The Morgan fingerprint density at radius 1 is 1.55 bits per heavy atom. The average Bonchev–Trinajstić information content (AvgIpc) is 2.46. The molecular formula is C15H21ClN2O2. The van der Waals surface area contributed by atoms with Crippen LogP contribution in [0.3, 0.4) is 0 Å². The molecule has 0 saturated carbocycles. The average molecular weight is 297 g/mol. The molecule has 1 fully saturated rings. The van der Waals surface area contributed by atoms with Crippen molar-refractivity contribution in [2.75, 3.05) is 20.2 Å². The smallest absolute Gasteiger partial charge is 0.259 e. The maximum atomic E-state index is 12.7. The van der Waals surface area contributed by atoms with E-state index in [-0.39, 0.29) is 11.9 Å². The van der Waals surface area contributed by atoms with Crippen molar-refractivity contribution in [1.82, 2.24) is 4.90 Å². The van der Waals surface area contributed by atoms with Gasteiger partial charge in [-0.2, -0.15) is 0 Å². The number of hydrogen-bond acceptors (Lipinski definition) is 3. The number of halogens is 1. The van der Waals surface area contributed by atoms with E-state index >= 15 is 0 Å². The van der Waals surface area contributed by atoms with Gasteiger partial charge in [0.25, 0.3) is 5.91 Å². The van der Waals surface area contributed by atoms with Gasteiger partial charge in [0, 0.05) is 19.1 Å². The highest BCUT2D eigenvalue weighted by Crippen LogP contribution is 2.29. The molecule has 0 aromatic heterocycles. The molecule has 1 aromatic rings. The van der Waals surface area contributed by atoms with E-state index in [4.69, 9.17) is 22.1 Å². The Bertz CT molecular complexity index is 491. The minimum atomic E-state index is -0.0715. The number of carbonyl (C=O) groups is 1. The van der Waals surface area contributed by atoms with Crippen LogP contribution in [0.4, 0.5) is 0 Å². The first kappa shape index (κ1) is 15.1. The van der Waals surface area contributed by atoms with Crippen molar-refractivity contribution >= 4 is 17.5 Å². The Kier molecular flexibility index (Phi) is 4.89. The fraction of sp³-hybridized carbons (Fsp3) is 0.533. The highest BCUT2D eigenvalue weighted by Gasteiger charge is 2.29. The summed E-state index contributed by atoms with van der Waals surface area (Å²) in [6.07, 6.45) is 2.05. The summed E-state index contributed by atoms with van der Waals surface area (Å²) in [7, 11) is 1.55. The molecule has 1 aliphatic heterocycles. The van der Waals surface area contributed by atoms with Crippen LogP contribution in [0.2, 0.25) is 5.02 Å². The quantitative estimate of drug-likeness (QED) is 0.932. The Morgan fingerprint density at radius 2 is 2.30 bits per heavy atom. The number of hydrogen-bond donors (Lipinski definition) is 1. The van der Waals surface area contributed by atoms with Crippen molar-refractivity contribution in [3.63, 3.8) is 0 Å². The predicted octanol–water partition coefficient (Wildman–Crippen LogP) is 2.55. The standard InChI is InChI=1S/C15H21ClN2O2/c1-10(17)11-5-4-8-18(9-11)15(19)14-12(16)6-3-7-13(14)20-2/h3,6-7,10-11H,4-5,8-9,17H2,1-2H3/t10-,11+/m1/s1. The van der Waals surface area contributed by atoms with Crippen molar-refractivity contribution in [2.45, 2.75) is 25.8 Å². The van der Waals surface area contributed by atoms with E-state index < -0.39 is 0 Å². The van der Waals surface area contributed by atoms with Crippen LogP contribution in [0.15, 0.2) is 18.2 Å². The summed E-state index contributed by atoms with van der Waals surface area (Å²) in [4.78, 5) is 14.5. The lowest BCUT2D eigenvalue weighted by atomic mass is 9.92. The third-order valence-corrected chi connectivity index (χ3v) is 4.21. The second-order valence-electron chi connectivity index (χ2n) is 5.33. The molecule has 0 radical (unpaired) electrons. The Balaban J connectivity index is 2.23. The van der Waals surface area contributed by atoms with Gasteiger partial charge in [-0.1, -0.05) is 17.7 Å². The summed E-state index contributed by atoms with van der Waals surface area (Å²) >= 11 is 6.17. The number of carbonyl (C=O) groups excluding carboxylic acids is 1. The highest BCUT2D eigenvalue weighted by molar-refractivity contribution is 6.34. The predicted molar refractivity (Wildman–Crippen MR) is 80.3 cm³/mol. The number of rotatable bonds is 3. The van der Waals surface area contributed by atoms with Crippen LogP contribution in [-0.2, 0) is 0 Å². The summed E-state index contributed by atoms with van der Waals surface area (Å²) in [6.45, 7) is 3.43. The van der Waals surface area contributed by atoms with Gasteiger partial charge in [-0.3, -0.25) is 4.79 Å². The molecular weight excluding hydrogens is 276 g/mol. The number of ether oxygens (including phenoxy) is 1. The number of piperidine rings is 1. The third-order valence-electron chi connectivity index (χ3n) is 3.90. The second-order valence-corrected chi connectivity index (χ2v) is 5.74. The summed E-state index contributed by atoms with van der Waals surface area (Å²) in [5, 5.41) is 0.428. The molecule has 20 heavy (non-hydrogen) atoms. The van der Waals surface area contributed by atoms with E-state index in [1.54, 1.807) is 25.3 Å². The summed E-state index contributed by atoms with van der Waals surface area (Å²) in [6, 6.07) is 5.34. The molecule has 0 spiro atoms. The number of methoxy groups -OCH3 is 1. The van der Waals surface area contributed by atoms with Crippen LogP contribution in [0.25, 0.3) is 0 Å². The lowest BCUT2D eigenvalue weighted by Crippen LogP contribution is -2.45. The van der Waals surface area contributed by atoms with Gasteiger partial charge in [0.1, 0.15) is 11.3 Å². The van der Waals surface area contributed by atoms with Gasteiger partial charge >= 0.3 is 0 Å². The van der Waals surface area contributed by atoms with Crippen LogP contribution in [0.1, 0.15) is 30.1 Å². The van der Waals surface area contributed by atoms with Crippen LogP contribution < -0.4 is 10.5 Å². The van der Waals surface area contributed by atoms with Crippen LogP contribution >= 0.6 is 11.6 Å². The van der Waals surface area contributed by atoms with E-state index in [1.165, 1.54) is 0 Å². The molecule has 1 heterocycles. The molecule has 2 rings (SSSR count). The van der Waals surface area contributed by atoms with Crippen LogP contribution in [0.5, 0.6) is 5.75 Å². The molecule has 1 saturated heterocycles. The Labute approximate surface area is 124 Å². The van der Waals surface area contributed by atoms with Crippen molar-refractivity contribution in [2.24, 2.45) is 11.7 Å². The molecule has 1 aliphatic rings. The topological polar surface area (TPSA) is 55.6 Å². The van der Waals surface area contributed by atoms with Crippen LogP contribution in [-0.4, -0.2) is 37.0 Å². The van der Waals surface area contributed by atoms with Gasteiger partial charge in [0.15, 0.2) is 0 Å². The summed E-state index contributed by atoms with van der Waals surface area (Å²) < 4.78 is 5.26. The molecule has 2 atom stereocenters. The molecule has 1 amide bonds. The largest absolute Gasteiger partial charge is 0.496 e. The fourth-order valence-electron chi connectivity index (χ4n) is 2.66. The molecule has 4 nitrogen and oxygen atoms in total. The van der Waals surface area contributed by atoms with E-state index in [0.29, 0.717) is 28.8 Å². The third kappa shape index (κ3) is 3.07. The van der Waals surface area contributed by atoms with E-state index in [1.807, 2.05) is 11.8 Å². The molecule has 1 aromatic carbocycles. The molecule has 2 N–H and O–H groups in total. The monoisotopic (exact) mass is 296 g/mol. The SMILES string of the molecule is COc1cccc(Cl)c1C(=O)N1CCC[C@H]([C@@H](C)N)C1. The zero-order chi connectivity index (χ0) is 14.7. The van der Waals surface area contributed by atoms with Gasteiger partial charge < -0.3 is 15.4 Å². The van der Waals surface area contributed by atoms with Crippen LogP contribution in [0, 0.1) is 5.92 Å². The van der Waals surface area contributed by atoms with Crippen molar-refractivity contribution in [1.29, 1.82) is 0 Å². The first-order chi connectivity index (χ1) is 9.54. The first-order valence-electron chi connectivity index (χ1n) is 6.92.